The van der Waals surface area contributed by atoms with Crippen LogP contribution in [-0.4, -0.2) is 45.6 Å². The van der Waals surface area contributed by atoms with E-state index in [1.807, 2.05) is 0 Å². The largest absolute Gasteiger partial charge is 0.480 e. The van der Waals surface area contributed by atoms with Crippen molar-refractivity contribution in [3.8, 4) is 0 Å². The fourth-order valence-corrected chi connectivity index (χ4v) is 3.59. The molecule has 42 heavy (non-hydrogen) atoms. The molecule has 0 fully saturated rings. The molecule has 2 atom stereocenters. The first-order valence-corrected chi connectivity index (χ1v) is 15.4. The quantitative estimate of drug-likeness (QED) is 0.0872. The van der Waals surface area contributed by atoms with E-state index in [9.17, 15) is 9.59 Å². The molecule has 234 valence electrons. The van der Waals surface area contributed by atoms with Crippen molar-refractivity contribution in [3.05, 3.63) is 91.1 Å². The van der Waals surface area contributed by atoms with Crippen molar-refractivity contribution in [1.82, 2.24) is 15.3 Å². The van der Waals surface area contributed by atoms with Gasteiger partial charge in [-0.15, -0.1) is 0 Å². The zero-order chi connectivity index (χ0) is 31.1. The van der Waals surface area contributed by atoms with Crippen LogP contribution >= 0.6 is 0 Å². The summed E-state index contributed by atoms with van der Waals surface area (Å²) in [6, 6.07) is -1.70. The summed E-state index contributed by atoms with van der Waals surface area (Å²) >= 11 is 0. The number of carbonyl (C=O) groups is 2. The Morgan fingerprint density at radius 3 is 1.86 bits per heavy atom. The fraction of sp³-hybridized carbons (Fsp3) is 0.500. The van der Waals surface area contributed by atoms with Gasteiger partial charge in [0.05, 0.1) is 18.9 Å². The van der Waals surface area contributed by atoms with Crippen LogP contribution in [0.1, 0.15) is 90.2 Å². The zero-order valence-corrected chi connectivity index (χ0v) is 25.9. The van der Waals surface area contributed by atoms with Gasteiger partial charge in [0.25, 0.3) is 0 Å². The molecule has 0 aliphatic heterocycles. The Bertz CT molecular complexity index is 962. The smallest absolute Gasteiger partial charge is 0.326 e. The summed E-state index contributed by atoms with van der Waals surface area (Å²) in [4.78, 5) is 29.6. The maximum absolute atomic E-state index is 11.9. The number of aromatic amines is 1. The third-order valence-electron chi connectivity index (χ3n) is 5.99. The summed E-state index contributed by atoms with van der Waals surface area (Å²) < 4.78 is 0. The Labute approximate surface area is 253 Å². The number of carboxylic acids is 1. The second-order valence-electron chi connectivity index (χ2n) is 9.84. The van der Waals surface area contributed by atoms with E-state index < -0.39 is 24.0 Å². The highest BCUT2D eigenvalue weighted by atomic mass is 16.4. The molecule has 1 heterocycles. The van der Waals surface area contributed by atoms with Gasteiger partial charge in [-0.25, -0.2) is 9.78 Å². The maximum atomic E-state index is 11.9. The molecule has 1 amide bonds. The standard InChI is InChI=1S/C22H34.C12H21N5O3/c1-3-5-7-9-11-13-15-17-19-21-22-20-18-16-14-12-10-8-6-4-2;13-4-2-1-3-10(12(19)20)17-11(18)9(14)5-8-6-15-7-16-8/h5,7-8,10-11,13-14,16-17,19-20,22H,3-4,6,9,12,15,18,21H2,1-2H3;6-7,9-10H,1-5,13-14H2,(H,15,16)(H,17,18)(H,19,20)/p+1/b7-5-,10-8-,13-11-,16-14-,19-17-,22-20-;/t;9-,10-/m.0/s1. The van der Waals surface area contributed by atoms with Gasteiger partial charge in [-0.2, -0.15) is 0 Å². The lowest BCUT2D eigenvalue weighted by atomic mass is 10.1. The number of rotatable bonds is 22. The van der Waals surface area contributed by atoms with Crippen molar-refractivity contribution in [2.45, 2.75) is 103 Å². The number of quaternary nitrogens is 1. The first kappa shape index (κ1) is 38.5. The van der Waals surface area contributed by atoms with Gasteiger partial charge in [0.15, 0.2) is 0 Å². The number of unbranched alkanes of at least 4 members (excludes halogenated alkanes) is 2. The molecule has 0 radical (unpaired) electrons. The Hall–Kier alpha value is -3.49. The molecular formula is C34H56N5O3+. The third kappa shape index (κ3) is 24.3. The fourth-order valence-electron chi connectivity index (χ4n) is 3.59. The van der Waals surface area contributed by atoms with Crippen LogP contribution in [0.3, 0.4) is 0 Å². The number of nitrogens with zero attached hydrogens (tertiary/aromatic N) is 1. The molecule has 1 aromatic rings. The lowest BCUT2D eigenvalue weighted by Crippen LogP contribution is -2.51. The molecule has 0 aliphatic rings. The van der Waals surface area contributed by atoms with E-state index in [4.69, 9.17) is 10.8 Å². The van der Waals surface area contributed by atoms with Gasteiger partial charge < -0.3 is 26.9 Å². The van der Waals surface area contributed by atoms with Crippen LogP contribution in [0.2, 0.25) is 0 Å². The Balaban J connectivity index is 0.000000803. The number of aliphatic carboxylic acids is 1. The number of nitrogens with two attached hydrogens (primary N) is 1. The highest BCUT2D eigenvalue weighted by Crippen LogP contribution is 2.03. The van der Waals surface area contributed by atoms with E-state index >= 15 is 0 Å². The second kappa shape index (κ2) is 29.0. The minimum Gasteiger partial charge on any atom is -0.480 e. The number of nitrogens with one attached hydrogen (secondary N) is 2. The van der Waals surface area contributed by atoms with Crippen LogP contribution in [0.4, 0.5) is 0 Å². The summed E-state index contributed by atoms with van der Waals surface area (Å²) in [5.74, 6) is -1.52. The van der Waals surface area contributed by atoms with Gasteiger partial charge in [-0.05, 0) is 64.2 Å². The van der Waals surface area contributed by atoms with Crippen LogP contribution in [0.15, 0.2) is 85.4 Å². The lowest BCUT2D eigenvalue weighted by molar-refractivity contribution is -0.368. The number of hydrogen-bond acceptors (Lipinski definition) is 4. The van der Waals surface area contributed by atoms with Crippen molar-refractivity contribution >= 4 is 11.9 Å². The molecule has 8 N–H and O–H groups in total. The summed E-state index contributed by atoms with van der Waals surface area (Å²) in [7, 11) is 0. The molecule has 0 aromatic carbocycles. The predicted molar refractivity (Wildman–Crippen MR) is 175 cm³/mol. The number of carboxylic acid groups (broad SMARTS) is 1. The van der Waals surface area contributed by atoms with Crippen LogP contribution < -0.4 is 16.8 Å². The minimum atomic E-state index is -1.05. The van der Waals surface area contributed by atoms with E-state index in [-0.39, 0.29) is 6.42 Å². The van der Waals surface area contributed by atoms with Gasteiger partial charge in [0.1, 0.15) is 6.04 Å². The number of H-pyrrole nitrogens is 1. The van der Waals surface area contributed by atoms with Gasteiger partial charge in [0, 0.05) is 18.3 Å². The molecule has 1 rings (SSSR count). The van der Waals surface area contributed by atoms with E-state index in [2.05, 4.69) is 108 Å². The summed E-state index contributed by atoms with van der Waals surface area (Å²) in [6.45, 7) is 5.12. The number of aromatic nitrogens is 2. The average molecular weight is 583 g/mol. The molecule has 8 heteroatoms. The highest BCUT2D eigenvalue weighted by molar-refractivity contribution is 5.86. The highest BCUT2D eigenvalue weighted by Gasteiger charge is 2.23. The van der Waals surface area contributed by atoms with E-state index in [0.29, 0.717) is 12.8 Å². The number of hydrogen-bond donors (Lipinski definition) is 5. The predicted octanol–water partition coefficient (Wildman–Crippen LogP) is 5.75. The molecule has 0 spiro atoms. The van der Waals surface area contributed by atoms with E-state index in [0.717, 1.165) is 57.2 Å². The Morgan fingerprint density at radius 2 is 1.43 bits per heavy atom. The molecular weight excluding hydrogens is 526 g/mol. The number of imidazole rings is 1. The van der Waals surface area contributed by atoms with E-state index in [1.54, 1.807) is 6.20 Å². The first-order valence-electron chi connectivity index (χ1n) is 15.4. The second-order valence-corrected chi connectivity index (χ2v) is 9.84. The average Bonchev–Trinajstić information content (AvgIpc) is 3.49. The summed E-state index contributed by atoms with van der Waals surface area (Å²) in [6.07, 6.45) is 40.9. The van der Waals surface area contributed by atoms with Crippen LogP contribution in [0.25, 0.3) is 0 Å². The van der Waals surface area contributed by atoms with Crippen LogP contribution in [-0.2, 0) is 16.0 Å². The van der Waals surface area contributed by atoms with E-state index in [1.165, 1.54) is 19.2 Å². The van der Waals surface area contributed by atoms with Gasteiger partial charge >= 0.3 is 5.97 Å². The van der Waals surface area contributed by atoms with Crippen molar-refractivity contribution in [2.75, 3.05) is 6.54 Å². The van der Waals surface area contributed by atoms with Crippen molar-refractivity contribution < 1.29 is 20.4 Å². The number of amides is 1. The number of allylic oxidation sites excluding steroid dienone is 12. The Morgan fingerprint density at radius 1 is 0.905 bits per heavy atom. The molecule has 0 saturated carbocycles. The molecule has 0 bridgehead atoms. The van der Waals surface area contributed by atoms with Gasteiger partial charge in [-0.3, -0.25) is 4.79 Å². The van der Waals surface area contributed by atoms with Gasteiger partial charge in [0.2, 0.25) is 5.91 Å². The molecule has 0 unspecified atom stereocenters. The lowest BCUT2D eigenvalue weighted by Gasteiger charge is -2.17. The zero-order valence-electron chi connectivity index (χ0n) is 25.9. The third-order valence-corrected chi connectivity index (χ3v) is 5.99. The van der Waals surface area contributed by atoms with Crippen LogP contribution in [0.5, 0.6) is 0 Å². The molecule has 1 aromatic heterocycles. The monoisotopic (exact) mass is 582 g/mol. The van der Waals surface area contributed by atoms with Gasteiger partial charge in [-0.1, -0.05) is 93.2 Å². The first-order chi connectivity index (χ1) is 20.5. The summed E-state index contributed by atoms with van der Waals surface area (Å²) in [5.41, 5.74) is 10.2. The molecule has 0 saturated heterocycles. The van der Waals surface area contributed by atoms with Crippen molar-refractivity contribution in [1.29, 1.82) is 0 Å². The van der Waals surface area contributed by atoms with Crippen LogP contribution in [0, 0.1) is 0 Å². The number of carbonyl (C=O) groups excluding carboxylic acids is 1. The van der Waals surface area contributed by atoms with Crippen molar-refractivity contribution in [2.24, 2.45) is 5.73 Å². The minimum absolute atomic E-state index is 0.289. The molecule has 8 nitrogen and oxygen atoms in total. The SMILES string of the molecule is CC/C=C\C/C=C\C/C=C\C/C=C\C/C=C\C/C=C\CCC.N[C@@H](Cc1cnc[nH]1)C(=O)N[C@@H](CCCC[NH3+])C(=O)O. The maximum Gasteiger partial charge on any atom is 0.326 e. The molecule has 0 aliphatic carbocycles. The Kier molecular flexibility index (Phi) is 26.6. The normalized spacial score (nSPS) is 13.5. The summed E-state index contributed by atoms with van der Waals surface area (Å²) in [5, 5.41) is 11.5. The topological polar surface area (TPSA) is 149 Å². The van der Waals surface area contributed by atoms with Crippen molar-refractivity contribution in [3.63, 3.8) is 0 Å².